The fraction of sp³-hybridized carbons (Fsp3) is 0.647. The van der Waals surface area contributed by atoms with Gasteiger partial charge in [-0.2, -0.15) is 0 Å². The minimum atomic E-state index is -1.31. The van der Waals surface area contributed by atoms with E-state index in [1.807, 2.05) is 0 Å². The molecule has 0 aromatic carbocycles. The van der Waals surface area contributed by atoms with E-state index in [4.69, 9.17) is 22.3 Å². The van der Waals surface area contributed by atoms with Crippen LogP contribution in [-0.4, -0.2) is 65.3 Å². The van der Waals surface area contributed by atoms with E-state index in [0.29, 0.717) is 0 Å². The molecule has 0 fully saturated rings. The Morgan fingerprint density at radius 1 is 0.800 bits per heavy atom. The van der Waals surface area contributed by atoms with Crippen molar-refractivity contribution in [1.82, 2.24) is 16.0 Å². The monoisotopic (exact) mass is 430 g/mol. The Kier molecular flexibility index (Phi) is 11.7. The standard InChI is InChI=1S/C17H30N6O7/c1-8(2)14(20)17(30)23-10(4-6-12(19)25)16(29)22-9(3-5-11(18)24)15(28)21-7-13(26)27/h8-10,14H,3-7,20H2,1-2H3,(H2,18,24)(H2,19,25)(H,21,28)(H,22,29)(H,23,30)(H,26,27). The summed E-state index contributed by atoms with van der Waals surface area (Å²) >= 11 is 0. The van der Waals surface area contributed by atoms with Crippen LogP contribution >= 0.6 is 0 Å². The molecule has 0 radical (unpaired) electrons. The van der Waals surface area contributed by atoms with E-state index in [1.54, 1.807) is 13.8 Å². The average Bonchev–Trinajstić information content (AvgIpc) is 2.64. The van der Waals surface area contributed by atoms with Gasteiger partial charge in [0.2, 0.25) is 29.5 Å². The third kappa shape index (κ3) is 10.9. The number of carboxylic acids is 1. The molecule has 30 heavy (non-hydrogen) atoms. The van der Waals surface area contributed by atoms with Crippen molar-refractivity contribution in [1.29, 1.82) is 0 Å². The molecule has 0 aliphatic rings. The maximum atomic E-state index is 12.7. The quantitative estimate of drug-likeness (QED) is 0.147. The molecule has 0 aromatic rings. The first-order chi connectivity index (χ1) is 13.8. The van der Waals surface area contributed by atoms with Crippen molar-refractivity contribution >= 4 is 35.5 Å². The van der Waals surface area contributed by atoms with E-state index in [2.05, 4.69) is 16.0 Å². The van der Waals surface area contributed by atoms with Crippen LogP contribution in [0.25, 0.3) is 0 Å². The summed E-state index contributed by atoms with van der Waals surface area (Å²) in [6.07, 6.45) is -0.847. The number of carbonyl (C=O) groups excluding carboxylic acids is 5. The molecule has 0 aliphatic carbocycles. The number of hydrogen-bond acceptors (Lipinski definition) is 7. The summed E-state index contributed by atoms with van der Waals surface area (Å²) in [7, 11) is 0. The number of nitrogens with one attached hydrogen (secondary N) is 3. The molecule has 0 heterocycles. The van der Waals surface area contributed by atoms with E-state index < -0.39 is 60.2 Å². The lowest BCUT2D eigenvalue weighted by Crippen LogP contribution is -2.56. The first-order valence-electron chi connectivity index (χ1n) is 9.27. The molecule has 0 aromatic heterocycles. The fourth-order valence-corrected chi connectivity index (χ4v) is 2.24. The maximum Gasteiger partial charge on any atom is 0.322 e. The summed E-state index contributed by atoms with van der Waals surface area (Å²) in [6, 6.07) is -3.45. The van der Waals surface area contributed by atoms with Crippen molar-refractivity contribution in [3.8, 4) is 0 Å². The van der Waals surface area contributed by atoms with Crippen LogP contribution in [0.4, 0.5) is 0 Å². The molecule has 0 spiro atoms. The van der Waals surface area contributed by atoms with Crippen LogP contribution in [-0.2, 0) is 28.8 Å². The Morgan fingerprint density at radius 2 is 1.23 bits per heavy atom. The van der Waals surface area contributed by atoms with Gasteiger partial charge in [0.1, 0.15) is 18.6 Å². The SMILES string of the molecule is CC(C)C(N)C(=O)NC(CCC(N)=O)C(=O)NC(CCC(N)=O)C(=O)NCC(=O)O. The summed E-state index contributed by atoms with van der Waals surface area (Å²) in [4.78, 5) is 69.8. The molecule has 3 atom stereocenters. The zero-order valence-electron chi connectivity index (χ0n) is 17.0. The Labute approximate surface area is 173 Å². The molecule has 0 saturated heterocycles. The molecule has 5 amide bonds. The van der Waals surface area contributed by atoms with Crippen molar-refractivity contribution in [3.63, 3.8) is 0 Å². The van der Waals surface area contributed by atoms with Gasteiger partial charge in [-0.05, 0) is 18.8 Å². The topological polar surface area (TPSA) is 237 Å². The molecule has 0 saturated carbocycles. The predicted molar refractivity (Wildman–Crippen MR) is 104 cm³/mol. The zero-order valence-corrected chi connectivity index (χ0v) is 17.0. The third-order valence-electron chi connectivity index (χ3n) is 4.06. The Hall–Kier alpha value is -3.22. The van der Waals surface area contributed by atoms with Crippen LogP contribution in [0.15, 0.2) is 0 Å². The van der Waals surface area contributed by atoms with E-state index >= 15 is 0 Å². The predicted octanol–water partition coefficient (Wildman–Crippen LogP) is -3.33. The number of primary amides is 2. The minimum Gasteiger partial charge on any atom is -0.480 e. The lowest BCUT2D eigenvalue weighted by molar-refractivity contribution is -0.138. The fourth-order valence-electron chi connectivity index (χ4n) is 2.24. The second-order valence-corrected chi connectivity index (χ2v) is 7.01. The van der Waals surface area contributed by atoms with Crippen LogP contribution in [0.3, 0.4) is 0 Å². The molecule has 0 aliphatic heterocycles. The summed E-state index contributed by atoms with van der Waals surface area (Å²) < 4.78 is 0. The Morgan fingerprint density at radius 3 is 1.63 bits per heavy atom. The number of amides is 5. The van der Waals surface area contributed by atoms with Crippen molar-refractivity contribution in [2.24, 2.45) is 23.1 Å². The maximum absolute atomic E-state index is 12.7. The number of aliphatic carboxylic acids is 1. The van der Waals surface area contributed by atoms with Crippen LogP contribution in [0.1, 0.15) is 39.5 Å². The highest BCUT2D eigenvalue weighted by molar-refractivity contribution is 5.94. The zero-order chi connectivity index (χ0) is 23.4. The Bertz CT molecular complexity index is 667. The van der Waals surface area contributed by atoms with Gasteiger partial charge in [-0.3, -0.25) is 28.8 Å². The highest BCUT2D eigenvalue weighted by atomic mass is 16.4. The lowest BCUT2D eigenvalue weighted by atomic mass is 10.0. The molecule has 13 heteroatoms. The van der Waals surface area contributed by atoms with Gasteiger partial charge in [-0.15, -0.1) is 0 Å². The van der Waals surface area contributed by atoms with E-state index in [1.165, 1.54) is 0 Å². The normalized spacial score (nSPS) is 13.6. The number of carbonyl (C=O) groups is 6. The highest BCUT2D eigenvalue weighted by Crippen LogP contribution is 2.05. The summed E-state index contributed by atoms with van der Waals surface area (Å²) in [5.74, 6) is -5.31. The van der Waals surface area contributed by atoms with Crippen molar-refractivity contribution in [3.05, 3.63) is 0 Å². The molecule has 10 N–H and O–H groups in total. The molecule has 13 nitrogen and oxygen atoms in total. The number of hydrogen-bond donors (Lipinski definition) is 7. The first-order valence-corrected chi connectivity index (χ1v) is 9.27. The second-order valence-electron chi connectivity index (χ2n) is 7.01. The number of nitrogens with two attached hydrogens (primary N) is 3. The van der Waals surface area contributed by atoms with Gasteiger partial charge in [-0.1, -0.05) is 13.8 Å². The Balaban J connectivity index is 5.36. The van der Waals surface area contributed by atoms with Crippen molar-refractivity contribution in [2.75, 3.05) is 6.54 Å². The summed E-state index contributed by atoms with van der Waals surface area (Å²) in [5, 5.41) is 15.5. The van der Waals surface area contributed by atoms with Gasteiger partial charge in [0.25, 0.3) is 0 Å². The molecule has 0 bridgehead atoms. The van der Waals surface area contributed by atoms with Gasteiger partial charge >= 0.3 is 5.97 Å². The largest absolute Gasteiger partial charge is 0.480 e. The molecular formula is C17H30N6O7. The minimum absolute atomic E-state index is 0.156. The lowest BCUT2D eigenvalue weighted by Gasteiger charge is -2.24. The average molecular weight is 430 g/mol. The van der Waals surface area contributed by atoms with Gasteiger partial charge < -0.3 is 38.3 Å². The van der Waals surface area contributed by atoms with E-state index in [0.717, 1.165) is 0 Å². The van der Waals surface area contributed by atoms with Gasteiger partial charge in [0, 0.05) is 12.8 Å². The summed E-state index contributed by atoms with van der Waals surface area (Å²) in [6.45, 7) is 2.71. The van der Waals surface area contributed by atoms with E-state index in [-0.39, 0.29) is 31.6 Å². The molecule has 170 valence electrons. The molecular weight excluding hydrogens is 400 g/mol. The van der Waals surface area contributed by atoms with Gasteiger partial charge in [0.05, 0.1) is 6.04 Å². The number of rotatable bonds is 14. The second kappa shape index (κ2) is 13.1. The molecule has 3 unspecified atom stereocenters. The van der Waals surface area contributed by atoms with Crippen molar-refractivity contribution in [2.45, 2.75) is 57.7 Å². The van der Waals surface area contributed by atoms with Crippen LogP contribution in [0.5, 0.6) is 0 Å². The smallest absolute Gasteiger partial charge is 0.322 e. The van der Waals surface area contributed by atoms with Gasteiger partial charge in [0.15, 0.2) is 0 Å². The van der Waals surface area contributed by atoms with Gasteiger partial charge in [-0.25, -0.2) is 0 Å². The van der Waals surface area contributed by atoms with Crippen LogP contribution in [0.2, 0.25) is 0 Å². The molecule has 0 rings (SSSR count). The van der Waals surface area contributed by atoms with Crippen LogP contribution in [0, 0.1) is 5.92 Å². The number of carboxylic acid groups (broad SMARTS) is 1. The third-order valence-corrected chi connectivity index (χ3v) is 4.06. The van der Waals surface area contributed by atoms with Crippen molar-refractivity contribution < 1.29 is 33.9 Å². The van der Waals surface area contributed by atoms with Crippen LogP contribution < -0.4 is 33.2 Å². The first kappa shape index (κ1) is 26.8. The highest BCUT2D eigenvalue weighted by Gasteiger charge is 2.29. The van der Waals surface area contributed by atoms with E-state index in [9.17, 15) is 28.8 Å². The summed E-state index contributed by atoms with van der Waals surface area (Å²) in [5.41, 5.74) is 15.9.